The Morgan fingerprint density at radius 3 is 2.89 bits per heavy atom. The fourth-order valence-electron chi connectivity index (χ4n) is 3.03. The lowest BCUT2D eigenvalue weighted by atomic mass is 9.83. The Bertz CT molecular complexity index is 431. The number of carbonyl (C=O) groups is 1. The van der Waals surface area contributed by atoms with Gasteiger partial charge in [-0.25, -0.2) is 4.79 Å². The number of carboxylic acid groups (broad SMARTS) is 1. The molecule has 1 aromatic rings. The number of carboxylic acids is 1. The molecule has 1 saturated carbocycles. The van der Waals surface area contributed by atoms with E-state index in [4.69, 9.17) is 5.11 Å². The lowest BCUT2D eigenvalue weighted by molar-refractivity contribution is 0.0696. The summed E-state index contributed by atoms with van der Waals surface area (Å²) in [6.45, 7) is 3.03. The summed E-state index contributed by atoms with van der Waals surface area (Å²) >= 11 is 0. The third-order valence-electron chi connectivity index (χ3n) is 4.18. The van der Waals surface area contributed by atoms with Gasteiger partial charge in [-0.2, -0.15) is 0 Å². The summed E-state index contributed by atoms with van der Waals surface area (Å²) in [4.78, 5) is 10.9. The predicted molar refractivity (Wildman–Crippen MR) is 76.3 cm³/mol. The maximum absolute atomic E-state index is 10.9. The summed E-state index contributed by atoms with van der Waals surface area (Å²) < 4.78 is 0. The van der Waals surface area contributed by atoms with Crippen molar-refractivity contribution in [1.29, 1.82) is 0 Å². The Hall–Kier alpha value is -1.35. The Balaban J connectivity index is 1.94. The summed E-state index contributed by atoms with van der Waals surface area (Å²) in [5.74, 6) is -0.0812. The molecule has 2 rings (SSSR count). The maximum atomic E-state index is 10.9. The van der Waals surface area contributed by atoms with Gasteiger partial charge in [0.2, 0.25) is 0 Å². The monoisotopic (exact) mass is 261 g/mol. The molecule has 19 heavy (non-hydrogen) atoms. The van der Waals surface area contributed by atoms with Crippen LogP contribution in [0.4, 0.5) is 0 Å². The molecular formula is C16H23NO2. The molecule has 3 heteroatoms. The SMILES string of the molecule is CCC1CCCCC1NCc1cccc(C(=O)O)c1. The zero-order valence-electron chi connectivity index (χ0n) is 11.6. The van der Waals surface area contributed by atoms with E-state index in [9.17, 15) is 4.79 Å². The van der Waals surface area contributed by atoms with Gasteiger partial charge < -0.3 is 10.4 Å². The zero-order valence-corrected chi connectivity index (χ0v) is 11.6. The molecular weight excluding hydrogens is 238 g/mol. The molecule has 3 nitrogen and oxygen atoms in total. The van der Waals surface area contributed by atoms with E-state index < -0.39 is 5.97 Å². The molecule has 2 atom stereocenters. The number of nitrogens with one attached hydrogen (secondary N) is 1. The largest absolute Gasteiger partial charge is 0.478 e. The van der Waals surface area contributed by atoms with Crippen molar-refractivity contribution in [2.75, 3.05) is 0 Å². The van der Waals surface area contributed by atoms with Crippen molar-refractivity contribution in [2.24, 2.45) is 5.92 Å². The minimum absolute atomic E-state index is 0.370. The lowest BCUT2D eigenvalue weighted by Crippen LogP contribution is -2.37. The van der Waals surface area contributed by atoms with Crippen molar-refractivity contribution in [2.45, 2.75) is 51.6 Å². The van der Waals surface area contributed by atoms with E-state index in [2.05, 4.69) is 12.2 Å². The van der Waals surface area contributed by atoms with Gasteiger partial charge in [-0.3, -0.25) is 0 Å². The molecule has 1 aliphatic rings. The van der Waals surface area contributed by atoms with E-state index in [1.807, 2.05) is 12.1 Å². The van der Waals surface area contributed by atoms with Crippen molar-refractivity contribution in [3.63, 3.8) is 0 Å². The molecule has 104 valence electrons. The molecule has 2 N–H and O–H groups in total. The number of aromatic carboxylic acids is 1. The molecule has 1 aliphatic carbocycles. The van der Waals surface area contributed by atoms with Crippen LogP contribution in [-0.4, -0.2) is 17.1 Å². The van der Waals surface area contributed by atoms with Crippen molar-refractivity contribution in [3.8, 4) is 0 Å². The zero-order chi connectivity index (χ0) is 13.7. The first-order valence-corrected chi connectivity index (χ1v) is 7.26. The van der Waals surface area contributed by atoms with Gasteiger partial charge in [0, 0.05) is 12.6 Å². The number of hydrogen-bond acceptors (Lipinski definition) is 2. The molecule has 1 fully saturated rings. The van der Waals surface area contributed by atoms with Crippen molar-refractivity contribution in [1.82, 2.24) is 5.32 Å². The standard InChI is InChI=1S/C16H23NO2/c1-2-13-7-3-4-9-15(13)17-11-12-6-5-8-14(10-12)16(18)19/h5-6,8,10,13,15,17H,2-4,7,9,11H2,1H3,(H,18,19). The topological polar surface area (TPSA) is 49.3 Å². The number of hydrogen-bond donors (Lipinski definition) is 2. The minimum Gasteiger partial charge on any atom is -0.478 e. The highest BCUT2D eigenvalue weighted by atomic mass is 16.4. The van der Waals surface area contributed by atoms with E-state index in [-0.39, 0.29) is 0 Å². The van der Waals surface area contributed by atoms with Crippen LogP contribution in [0.1, 0.15) is 54.9 Å². The van der Waals surface area contributed by atoms with Gasteiger partial charge in [0.15, 0.2) is 0 Å². The molecule has 0 aromatic heterocycles. The van der Waals surface area contributed by atoms with Crippen LogP contribution in [0.2, 0.25) is 0 Å². The molecule has 0 radical (unpaired) electrons. The highest BCUT2D eigenvalue weighted by molar-refractivity contribution is 5.87. The van der Waals surface area contributed by atoms with Crippen molar-refractivity contribution >= 4 is 5.97 Å². The summed E-state index contributed by atoms with van der Waals surface area (Å²) in [5, 5.41) is 12.6. The number of benzene rings is 1. The van der Waals surface area contributed by atoms with Gasteiger partial charge in [-0.15, -0.1) is 0 Å². The van der Waals surface area contributed by atoms with E-state index in [1.165, 1.54) is 32.1 Å². The third-order valence-corrected chi connectivity index (χ3v) is 4.18. The van der Waals surface area contributed by atoms with E-state index >= 15 is 0 Å². The predicted octanol–water partition coefficient (Wildman–Crippen LogP) is 3.44. The van der Waals surface area contributed by atoms with Crippen LogP contribution in [0, 0.1) is 5.92 Å². The highest BCUT2D eigenvalue weighted by Crippen LogP contribution is 2.27. The van der Waals surface area contributed by atoms with Gasteiger partial charge in [-0.05, 0) is 36.5 Å². The maximum Gasteiger partial charge on any atom is 0.335 e. The van der Waals surface area contributed by atoms with Gasteiger partial charge >= 0.3 is 5.97 Å². The first kappa shape index (κ1) is 14.1. The van der Waals surface area contributed by atoms with Crippen LogP contribution in [0.15, 0.2) is 24.3 Å². The Morgan fingerprint density at radius 1 is 1.37 bits per heavy atom. The van der Waals surface area contributed by atoms with Crippen LogP contribution >= 0.6 is 0 Å². The quantitative estimate of drug-likeness (QED) is 0.853. The third kappa shape index (κ3) is 3.80. The van der Waals surface area contributed by atoms with Crippen molar-refractivity contribution < 1.29 is 9.90 Å². The summed E-state index contributed by atoms with van der Waals surface area (Å²) in [5.41, 5.74) is 1.43. The molecule has 0 amide bonds. The van der Waals surface area contributed by atoms with Gasteiger partial charge in [0.05, 0.1) is 5.56 Å². The average Bonchev–Trinajstić information content (AvgIpc) is 2.45. The van der Waals surface area contributed by atoms with Crippen LogP contribution in [0.5, 0.6) is 0 Å². The fraction of sp³-hybridized carbons (Fsp3) is 0.562. The Labute approximate surface area is 115 Å². The fourth-order valence-corrected chi connectivity index (χ4v) is 3.03. The van der Waals surface area contributed by atoms with E-state index in [0.29, 0.717) is 11.6 Å². The second kappa shape index (κ2) is 6.71. The van der Waals surface area contributed by atoms with Crippen LogP contribution in [0.3, 0.4) is 0 Å². The summed E-state index contributed by atoms with van der Waals surface area (Å²) in [7, 11) is 0. The molecule has 2 unspecified atom stereocenters. The smallest absolute Gasteiger partial charge is 0.335 e. The highest BCUT2D eigenvalue weighted by Gasteiger charge is 2.22. The molecule has 1 aromatic carbocycles. The first-order chi connectivity index (χ1) is 9.20. The minimum atomic E-state index is -0.856. The molecule has 0 spiro atoms. The van der Waals surface area contributed by atoms with Gasteiger partial charge in [0.1, 0.15) is 0 Å². The molecule has 0 saturated heterocycles. The van der Waals surface area contributed by atoms with E-state index in [1.54, 1.807) is 12.1 Å². The lowest BCUT2D eigenvalue weighted by Gasteiger charge is -2.31. The average molecular weight is 261 g/mol. The van der Waals surface area contributed by atoms with Crippen LogP contribution < -0.4 is 5.32 Å². The van der Waals surface area contributed by atoms with Gasteiger partial charge in [-0.1, -0.05) is 38.3 Å². The first-order valence-electron chi connectivity index (χ1n) is 7.26. The molecule has 0 heterocycles. The Morgan fingerprint density at radius 2 is 2.16 bits per heavy atom. The molecule has 0 aliphatic heterocycles. The van der Waals surface area contributed by atoms with E-state index in [0.717, 1.165) is 18.0 Å². The second-order valence-corrected chi connectivity index (χ2v) is 5.45. The number of rotatable bonds is 5. The van der Waals surface area contributed by atoms with Crippen LogP contribution in [0.25, 0.3) is 0 Å². The summed E-state index contributed by atoms with van der Waals surface area (Å²) in [6.07, 6.45) is 6.46. The summed E-state index contributed by atoms with van der Waals surface area (Å²) in [6, 6.07) is 7.80. The van der Waals surface area contributed by atoms with Crippen LogP contribution in [-0.2, 0) is 6.54 Å². The second-order valence-electron chi connectivity index (χ2n) is 5.45. The van der Waals surface area contributed by atoms with Crippen molar-refractivity contribution in [3.05, 3.63) is 35.4 Å². The molecule has 0 bridgehead atoms. The van der Waals surface area contributed by atoms with Gasteiger partial charge in [0.25, 0.3) is 0 Å². The Kier molecular flexibility index (Phi) is 4.97. The normalized spacial score (nSPS) is 23.2.